The van der Waals surface area contributed by atoms with Crippen molar-refractivity contribution in [2.24, 2.45) is 5.73 Å². The summed E-state index contributed by atoms with van der Waals surface area (Å²) in [5, 5.41) is 0.186. The maximum Gasteiger partial charge on any atom is 0.164 e. The second kappa shape index (κ2) is 4.87. The van der Waals surface area contributed by atoms with Gasteiger partial charge in [0, 0.05) is 12.0 Å². The molecule has 0 aliphatic heterocycles. The summed E-state index contributed by atoms with van der Waals surface area (Å²) in [5.74, 6) is -0.751. The van der Waals surface area contributed by atoms with Gasteiger partial charge in [-0.25, -0.2) is 4.39 Å². The fraction of sp³-hybridized carbons (Fsp3) is 0.222. The number of benzene rings is 1. The van der Waals surface area contributed by atoms with E-state index in [2.05, 4.69) is 15.9 Å². The maximum atomic E-state index is 13.1. The molecule has 1 aromatic rings. The number of hydrogen-bond donors (Lipinski definition) is 1. The zero-order chi connectivity index (χ0) is 10.7. The fourth-order valence-electron chi connectivity index (χ4n) is 0.992. The smallest absolute Gasteiger partial charge is 0.164 e. The molecule has 0 atom stereocenters. The van der Waals surface area contributed by atoms with Gasteiger partial charge < -0.3 is 5.73 Å². The lowest BCUT2D eigenvalue weighted by atomic mass is 10.1. The molecule has 0 aliphatic rings. The predicted molar refractivity (Wildman–Crippen MR) is 57.1 cm³/mol. The van der Waals surface area contributed by atoms with Crippen LogP contribution < -0.4 is 5.73 Å². The van der Waals surface area contributed by atoms with Crippen LogP contribution in [0.1, 0.15) is 16.8 Å². The molecule has 0 saturated heterocycles. The monoisotopic (exact) mass is 279 g/mol. The van der Waals surface area contributed by atoms with Gasteiger partial charge in [-0.2, -0.15) is 0 Å². The highest BCUT2D eigenvalue weighted by atomic mass is 79.9. The quantitative estimate of drug-likeness (QED) is 0.683. The SMILES string of the molecule is NCCC(=O)c1cc(F)c(Br)c(Cl)c1. The summed E-state index contributed by atoms with van der Waals surface area (Å²) in [4.78, 5) is 11.3. The molecule has 0 bridgehead atoms. The predicted octanol–water partition coefficient (Wildman–Crippen LogP) is 2.77. The summed E-state index contributed by atoms with van der Waals surface area (Å²) in [6.07, 6.45) is 0.192. The van der Waals surface area contributed by atoms with E-state index in [4.69, 9.17) is 17.3 Å². The molecule has 0 unspecified atom stereocenters. The molecular formula is C9H8BrClFNO. The summed E-state index contributed by atoms with van der Waals surface area (Å²) >= 11 is 8.65. The highest BCUT2D eigenvalue weighted by Crippen LogP contribution is 2.27. The molecule has 2 nitrogen and oxygen atoms in total. The summed E-state index contributed by atoms with van der Waals surface area (Å²) in [5.41, 5.74) is 5.47. The average molecular weight is 281 g/mol. The molecule has 0 heterocycles. The first-order valence-corrected chi connectivity index (χ1v) is 5.11. The van der Waals surface area contributed by atoms with Crippen LogP contribution in [-0.2, 0) is 0 Å². The van der Waals surface area contributed by atoms with Gasteiger partial charge in [0.25, 0.3) is 0 Å². The molecule has 2 N–H and O–H groups in total. The largest absolute Gasteiger partial charge is 0.330 e. The molecule has 0 saturated carbocycles. The molecule has 0 aromatic heterocycles. The summed E-state index contributed by atoms with van der Waals surface area (Å²) in [6.45, 7) is 0.244. The highest BCUT2D eigenvalue weighted by molar-refractivity contribution is 9.10. The first-order valence-electron chi connectivity index (χ1n) is 3.94. The van der Waals surface area contributed by atoms with Gasteiger partial charge in [-0.05, 0) is 34.6 Å². The summed E-state index contributed by atoms with van der Waals surface area (Å²) < 4.78 is 13.3. The van der Waals surface area contributed by atoms with Crippen LogP contribution >= 0.6 is 27.5 Å². The van der Waals surface area contributed by atoms with Gasteiger partial charge in [0.1, 0.15) is 5.82 Å². The zero-order valence-corrected chi connectivity index (χ0v) is 9.53. The van der Waals surface area contributed by atoms with Gasteiger partial charge in [0.15, 0.2) is 5.78 Å². The number of carbonyl (C=O) groups is 1. The molecule has 1 aromatic carbocycles. The molecule has 0 radical (unpaired) electrons. The minimum atomic E-state index is -0.544. The fourth-order valence-corrected chi connectivity index (χ4v) is 1.43. The van der Waals surface area contributed by atoms with Crippen molar-refractivity contribution in [1.82, 2.24) is 0 Å². The topological polar surface area (TPSA) is 43.1 Å². The number of Topliss-reactive ketones (excluding diaryl/α,β-unsaturated/α-hetero) is 1. The van der Waals surface area contributed by atoms with Crippen molar-refractivity contribution in [2.75, 3.05) is 6.54 Å². The molecule has 0 amide bonds. The lowest BCUT2D eigenvalue weighted by Gasteiger charge is -2.03. The Morgan fingerprint density at radius 1 is 1.57 bits per heavy atom. The van der Waals surface area contributed by atoms with Crippen LogP contribution in [-0.4, -0.2) is 12.3 Å². The Kier molecular flexibility index (Phi) is 4.04. The Bertz CT molecular complexity index is 347. The van der Waals surface area contributed by atoms with E-state index in [0.717, 1.165) is 6.07 Å². The number of rotatable bonds is 3. The molecule has 0 aliphatic carbocycles. The van der Waals surface area contributed by atoms with Gasteiger partial charge in [-0.3, -0.25) is 4.79 Å². The van der Waals surface area contributed by atoms with Crippen molar-refractivity contribution >= 4 is 33.3 Å². The van der Waals surface area contributed by atoms with E-state index in [9.17, 15) is 9.18 Å². The third-order valence-electron chi connectivity index (χ3n) is 1.68. The van der Waals surface area contributed by atoms with Crippen LogP contribution in [0, 0.1) is 5.82 Å². The van der Waals surface area contributed by atoms with E-state index in [1.807, 2.05) is 0 Å². The number of halogens is 3. The van der Waals surface area contributed by atoms with Crippen LogP contribution in [0.25, 0.3) is 0 Å². The van der Waals surface area contributed by atoms with E-state index in [0.29, 0.717) is 0 Å². The van der Waals surface area contributed by atoms with E-state index in [-0.39, 0.29) is 33.8 Å². The normalized spacial score (nSPS) is 10.3. The van der Waals surface area contributed by atoms with E-state index < -0.39 is 5.82 Å². The number of hydrogen-bond acceptors (Lipinski definition) is 2. The van der Waals surface area contributed by atoms with Crippen molar-refractivity contribution in [3.05, 3.63) is 33.0 Å². The van der Waals surface area contributed by atoms with E-state index in [1.54, 1.807) is 0 Å². The third-order valence-corrected chi connectivity index (χ3v) is 3.01. The van der Waals surface area contributed by atoms with Crippen molar-refractivity contribution in [3.63, 3.8) is 0 Å². The Morgan fingerprint density at radius 3 is 2.71 bits per heavy atom. The van der Waals surface area contributed by atoms with Crippen LogP contribution in [0.5, 0.6) is 0 Å². The number of ketones is 1. The summed E-state index contributed by atoms with van der Waals surface area (Å²) in [6, 6.07) is 2.57. The van der Waals surface area contributed by atoms with E-state index >= 15 is 0 Å². The van der Waals surface area contributed by atoms with E-state index in [1.165, 1.54) is 6.07 Å². The van der Waals surface area contributed by atoms with Crippen LogP contribution in [0.15, 0.2) is 16.6 Å². The highest BCUT2D eigenvalue weighted by Gasteiger charge is 2.11. The molecule has 1 rings (SSSR count). The van der Waals surface area contributed by atoms with Crippen LogP contribution in [0.2, 0.25) is 5.02 Å². The first kappa shape index (κ1) is 11.6. The average Bonchev–Trinajstić information content (AvgIpc) is 2.13. The van der Waals surface area contributed by atoms with Gasteiger partial charge >= 0.3 is 0 Å². The van der Waals surface area contributed by atoms with Crippen molar-refractivity contribution < 1.29 is 9.18 Å². The standard InChI is InChI=1S/C9H8BrClFNO/c10-9-6(11)3-5(4-7(9)12)8(14)1-2-13/h3-4H,1-2,13H2. The van der Waals surface area contributed by atoms with Gasteiger partial charge in [0.05, 0.1) is 9.50 Å². The number of carbonyl (C=O) groups excluding carboxylic acids is 1. The van der Waals surface area contributed by atoms with Crippen molar-refractivity contribution in [2.45, 2.75) is 6.42 Å². The Labute approximate surface area is 94.4 Å². The Morgan fingerprint density at radius 2 is 2.21 bits per heavy atom. The third kappa shape index (κ3) is 2.53. The molecule has 5 heteroatoms. The molecule has 0 spiro atoms. The molecule has 0 fully saturated rings. The van der Waals surface area contributed by atoms with Crippen LogP contribution in [0.4, 0.5) is 4.39 Å². The molecule has 14 heavy (non-hydrogen) atoms. The molecule has 76 valence electrons. The van der Waals surface area contributed by atoms with Crippen molar-refractivity contribution in [1.29, 1.82) is 0 Å². The second-order valence-corrected chi connectivity index (χ2v) is 3.92. The first-order chi connectivity index (χ1) is 6.56. The van der Waals surface area contributed by atoms with Crippen molar-refractivity contribution in [3.8, 4) is 0 Å². The van der Waals surface area contributed by atoms with Crippen LogP contribution in [0.3, 0.4) is 0 Å². The minimum absolute atomic E-state index is 0.170. The zero-order valence-electron chi connectivity index (χ0n) is 7.19. The lowest BCUT2D eigenvalue weighted by Crippen LogP contribution is -2.08. The molecular weight excluding hydrogens is 272 g/mol. The Balaban J connectivity index is 3.06. The van der Waals surface area contributed by atoms with Gasteiger partial charge in [0.2, 0.25) is 0 Å². The second-order valence-electron chi connectivity index (χ2n) is 2.72. The van der Waals surface area contributed by atoms with Gasteiger partial charge in [-0.15, -0.1) is 0 Å². The summed E-state index contributed by atoms with van der Waals surface area (Å²) in [7, 11) is 0. The Hall–Kier alpha value is -0.450. The minimum Gasteiger partial charge on any atom is -0.330 e. The lowest BCUT2D eigenvalue weighted by molar-refractivity contribution is 0.0985. The van der Waals surface area contributed by atoms with Gasteiger partial charge in [-0.1, -0.05) is 11.6 Å². The number of nitrogens with two attached hydrogens (primary N) is 1. The maximum absolute atomic E-state index is 13.1.